The third-order valence-corrected chi connectivity index (χ3v) is 19.0. The first kappa shape index (κ1) is 50.5. The first-order chi connectivity index (χ1) is 45.6. The Bertz CT molecular complexity index is 6510. The van der Waals surface area contributed by atoms with E-state index >= 15 is 0 Å². The van der Waals surface area contributed by atoms with Crippen molar-refractivity contribution < 1.29 is 4.42 Å². The molecule has 0 aliphatic carbocycles. The molecule has 0 aliphatic rings. The number of nitrogens with zero attached hydrogens (tertiary/aromatic N) is 7. The molecule has 0 spiro atoms. The molecule has 20 aromatic rings. The molecular weight excluding hydrogens is 1120 g/mol. The zero-order chi connectivity index (χ0) is 60.1. The van der Waals surface area contributed by atoms with E-state index in [0.29, 0.717) is 11.9 Å². The molecule has 0 atom stereocenters. The largest absolute Gasteiger partial charge is 0.454 e. The Hall–Kier alpha value is -12.5. The Morgan fingerprint density at radius 3 is 1.52 bits per heavy atom. The number of hydrogen-bond acceptors (Lipinski definition) is 5. The second kappa shape index (κ2) is 19.5. The van der Waals surface area contributed by atoms with Crippen molar-refractivity contribution in [1.82, 2.24) is 33.6 Å². The summed E-state index contributed by atoms with van der Waals surface area (Å²) >= 11 is 0. The minimum Gasteiger partial charge on any atom is -0.454 e. The Kier molecular flexibility index (Phi) is 10.7. The van der Waals surface area contributed by atoms with Crippen LogP contribution in [0.1, 0.15) is 0 Å². The first-order valence-electron chi connectivity index (χ1n) is 31.2. The van der Waals surface area contributed by atoms with Crippen LogP contribution in [0.25, 0.3) is 193 Å². The molecule has 20 rings (SSSR count). The summed E-state index contributed by atoms with van der Waals surface area (Å²) in [5.41, 5.74) is 19.0. The van der Waals surface area contributed by atoms with Gasteiger partial charge >= 0.3 is 0 Å². The number of aromatic nitrogens is 7. The summed E-state index contributed by atoms with van der Waals surface area (Å²) in [4.78, 5) is 22.1. The highest BCUT2D eigenvalue weighted by Crippen LogP contribution is 2.48. The molecule has 0 radical (unpaired) electrons. The summed E-state index contributed by atoms with van der Waals surface area (Å²) in [6.07, 6.45) is 0. The van der Waals surface area contributed by atoms with E-state index in [-0.39, 0.29) is 0 Å². The van der Waals surface area contributed by atoms with Gasteiger partial charge in [0, 0.05) is 76.1 Å². The van der Waals surface area contributed by atoms with Crippen LogP contribution in [0.15, 0.2) is 302 Å². The summed E-state index contributed by atoms with van der Waals surface area (Å²) in [5.74, 6) is 1.19. The highest BCUT2D eigenvalue weighted by atomic mass is 16.3. The van der Waals surface area contributed by atoms with Crippen molar-refractivity contribution in [2.75, 3.05) is 0 Å². The van der Waals surface area contributed by atoms with Crippen molar-refractivity contribution in [1.29, 1.82) is 0 Å². The van der Waals surface area contributed by atoms with Gasteiger partial charge < -0.3 is 8.98 Å². The van der Waals surface area contributed by atoms with Crippen LogP contribution in [0.5, 0.6) is 0 Å². The zero-order valence-corrected chi connectivity index (χ0v) is 49.3. The van der Waals surface area contributed by atoms with E-state index in [4.69, 9.17) is 24.4 Å². The third-order valence-electron chi connectivity index (χ3n) is 19.0. The van der Waals surface area contributed by atoms with Gasteiger partial charge in [-0.25, -0.2) is 19.9 Å². The van der Waals surface area contributed by atoms with Gasteiger partial charge in [0.1, 0.15) is 11.1 Å². The lowest BCUT2D eigenvalue weighted by atomic mass is 9.94. The maximum Gasteiger partial charge on any atom is 0.235 e. The van der Waals surface area contributed by atoms with Gasteiger partial charge in [0.25, 0.3) is 0 Å². The topological polar surface area (TPSA) is 79.5 Å². The highest BCUT2D eigenvalue weighted by molar-refractivity contribution is 6.35. The molecule has 0 amide bonds. The van der Waals surface area contributed by atoms with Crippen molar-refractivity contribution in [2.45, 2.75) is 0 Å². The molecule has 0 aliphatic heterocycles. The van der Waals surface area contributed by atoms with Crippen molar-refractivity contribution in [3.63, 3.8) is 0 Å². The van der Waals surface area contributed by atoms with Crippen molar-refractivity contribution in [3.8, 4) is 62.4 Å². The maximum absolute atomic E-state index is 7.17. The van der Waals surface area contributed by atoms with Crippen molar-refractivity contribution in [3.05, 3.63) is 297 Å². The molecular formula is C84H49N7O. The monoisotopic (exact) mass is 1170 g/mol. The molecule has 14 aromatic carbocycles. The van der Waals surface area contributed by atoms with Crippen LogP contribution >= 0.6 is 0 Å². The fraction of sp³-hybridized carbons (Fsp3) is 0. The summed E-state index contributed by atoms with van der Waals surface area (Å²) in [5, 5.41) is 15.3. The molecule has 6 aromatic heterocycles. The predicted molar refractivity (Wildman–Crippen MR) is 380 cm³/mol. The van der Waals surface area contributed by atoms with Crippen LogP contribution in [0.2, 0.25) is 0 Å². The summed E-state index contributed by atoms with van der Waals surface area (Å²) in [6, 6.07) is 106. The second-order valence-corrected chi connectivity index (χ2v) is 24.0. The van der Waals surface area contributed by atoms with Crippen LogP contribution in [0.4, 0.5) is 0 Å². The smallest absolute Gasteiger partial charge is 0.235 e. The van der Waals surface area contributed by atoms with Gasteiger partial charge in [-0.1, -0.05) is 212 Å². The van der Waals surface area contributed by atoms with Crippen LogP contribution < -0.4 is 0 Å². The standard InChI is InChI=1S/C84H49N7O/c1-3-21-51(22-4-1)78-65-43-38-50-20-7-8-27-58(50)80(65)88-84(86-78)91-72-36-17-12-31-63(72)76-61-42-39-53(49-68(61)77-64-32-13-18-37-75(64)92-82(77)81(76)91)52-23-19-24-56(46-52)79-62-30-9-14-33-69(62)85-83(87-79)90-71-35-16-11-29-60(71)67-48-55(41-45-74(67)90)54-40-44-73-66(47-54)59-28-10-15-34-70(59)89(73)57-25-5-2-6-26-57/h1-49H. The van der Waals surface area contributed by atoms with Gasteiger partial charge in [-0.2, -0.15) is 0 Å². The Balaban J connectivity index is 0.747. The SMILES string of the molecule is c1ccc(-c2nc(-n3c4ccccc4c4c5ccc(-c6cccc(-c7nc(-n8c9ccccc9c9cc(-c%10ccc%11c(c%10)c%10ccccc%10n%11-c%10ccccc%10)ccc98)nc8ccccc78)c6)cc5c5c6ccccc6oc5c43)nc3c2ccc2ccccc23)cc1. The van der Waals surface area contributed by atoms with Crippen molar-refractivity contribution >= 4 is 131 Å². The number of para-hydroxylation sites is 6. The van der Waals surface area contributed by atoms with Gasteiger partial charge in [-0.3, -0.25) is 9.13 Å². The summed E-state index contributed by atoms with van der Waals surface area (Å²) in [7, 11) is 0. The van der Waals surface area contributed by atoms with Crippen molar-refractivity contribution in [2.24, 2.45) is 0 Å². The van der Waals surface area contributed by atoms with E-state index in [1.807, 2.05) is 6.07 Å². The Morgan fingerprint density at radius 2 is 0.772 bits per heavy atom. The average Bonchev–Trinajstić information content (AvgIpc) is 1.53. The zero-order valence-electron chi connectivity index (χ0n) is 49.3. The maximum atomic E-state index is 7.17. The summed E-state index contributed by atoms with van der Waals surface area (Å²) < 4.78 is 14.0. The second-order valence-electron chi connectivity index (χ2n) is 24.0. The highest BCUT2D eigenvalue weighted by Gasteiger charge is 2.27. The molecule has 8 nitrogen and oxygen atoms in total. The molecule has 0 bridgehead atoms. The molecule has 8 heteroatoms. The van der Waals surface area contributed by atoms with Gasteiger partial charge in [0.05, 0.1) is 50.0 Å². The van der Waals surface area contributed by atoms with Crippen LogP contribution in [-0.2, 0) is 0 Å². The van der Waals surface area contributed by atoms with E-state index < -0.39 is 0 Å². The lowest BCUT2D eigenvalue weighted by molar-refractivity contribution is 0.671. The van der Waals surface area contributed by atoms with Crippen LogP contribution in [-0.4, -0.2) is 33.6 Å². The number of furan rings is 1. The molecule has 0 fully saturated rings. The molecule has 0 unspecified atom stereocenters. The first-order valence-corrected chi connectivity index (χ1v) is 31.2. The van der Waals surface area contributed by atoms with Crippen LogP contribution in [0.3, 0.4) is 0 Å². The van der Waals surface area contributed by atoms with Gasteiger partial charge in [-0.15, -0.1) is 0 Å². The van der Waals surface area contributed by atoms with Gasteiger partial charge in [0.2, 0.25) is 11.9 Å². The Morgan fingerprint density at radius 1 is 0.261 bits per heavy atom. The van der Waals surface area contributed by atoms with E-state index in [9.17, 15) is 0 Å². The fourth-order valence-electron chi connectivity index (χ4n) is 14.9. The molecule has 0 saturated heterocycles. The molecule has 6 heterocycles. The molecule has 0 N–H and O–H groups in total. The number of rotatable bonds is 7. The molecule has 0 saturated carbocycles. The lowest BCUT2D eigenvalue weighted by Crippen LogP contribution is -2.04. The number of fused-ring (bicyclic) bond motifs is 20. The third kappa shape index (κ3) is 7.40. The predicted octanol–water partition coefficient (Wildman–Crippen LogP) is 21.7. The average molecular weight is 1170 g/mol. The fourth-order valence-corrected chi connectivity index (χ4v) is 14.9. The van der Waals surface area contributed by atoms with E-state index in [2.05, 4.69) is 305 Å². The van der Waals surface area contributed by atoms with E-state index in [0.717, 1.165) is 159 Å². The van der Waals surface area contributed by atoms with Gasteiger partial charge in [0.15, 0.2) is 5.58 Å². The molecule has 92 heavy (non-hydrogen) atoms. The summed E-state index contributed by atoms with van der Waals surface area (Å²) in [6.45, 7) is 0. The molecule has 426 valence electrons. The number of benzene rings is 14. The normalized spacial score (nSPS) is 12.1. The van der Waals surface area contributed by atoms with Gasteiger partial charge in [-0.05, 0) is 123 Å². The van der Waals surface area contributed by atoms with E-state index in [1.54, 1.807) is 0 Å². The lowest BCUT2D eigenvalue weighted by Gasteiger charge is -2.14. The minimum absolute atomic E-state index is 0.579. The van der Waals surface area contributed by atoms with Crippen LogP contribution in [0, 0.1) is 0 Å². The number of hydrogen-bond donors (Lipinski definition) is 0. The van der Waals surface area contributed by atoms with E-state index in [1.165, 1.54) is 21.8 Å². The quantitative estimate of drug-likeness (QED) is 0.149. The minimum atomic E-state index is 0.579. The Labute approximate surface area is 525 Å².